The number of hydrogen-bond acceptors (Lipinski definition) is 4. The average molecular weight is 531 g/mol. The van der Waals surface area contributed by atoms with Crippen molar-refractivity contribution in [3.8, 4) is 0 Å². The molecule has 1 unspecified atom stereocenters. The standard InChI is InChI=1S/C22H37N5O2.HI/c1-6-23-21(26(5)16-20(29)25-22(2,3)4)24-13-19(28)15-27-12-11-17-9-7-8-10-18(17)14-27;/h7-10,19,28H,6,11-16H2,1-5H3,(H,23,24)(H,25,29);1H. The molecule has 7 nitrogen and oxygen atoms in total. The van der Waals surface area contributed by atoms with Gasteiger partial charge in [0.25, 0.3) is 0 Å². The van der Waals surface area contributed by atoms with Crippen molar-refractivity contribution in [2.75, 3.05) is 39.8 Å². The number of benzene rings is 1. The Kier molecular flexibility index (Phi) is 11.1. The van der Waals surface area contributed by atoms with Gasteiger partial charge in [-0.25, -0.2) is 0 Å². The summed E-state index contributed by atoms with van der Waals surface area (Å²) in [5.74, 6) is 0.567. The molecule has 1 aromatic rings. The number of aliphatic imine (C=N–C) groups is 1. The van der Waals surface area contributed by atoms with Crippen molar-refractivity contribution < 1.29 is 9.90 Å². The van der Waals surface area contributed by atoms with Crippen LogP contribution in [0.5, 0.6) is 0 Å². The van der Waals surface area contributed by atoms with E-state index in [2.05, 4.69) is 44.8 Å². The second-order valence-corrected chi connectivity index (χ2v) is 8.76. The van der Waals surface area contributed by atoms with Crippen LogP contribution in [0, 0.1) is 0 Å². The van der Waals surface area contributed by atoms with Crippen LogP contribution in [0.3, 0.4) is 0 Å². The van der Waals surface area contributed by atoms with Crippen molar-refractivity contribution in [2.24, 2.45) is 4.99 Å². The minimum Gasteiger partial charge on any atom is -0.390 e. The Hall–Kier alpha value is -1.39. The smallest absolute Gasteiger partial charge is 0.240 e. The molecule has 0 bridgehead atoms. The topological polar surface area (TPSA) is 80.2 Å². The van der Waals surface area contributed by atoms with E-state index >= 15 is 0 Å². The number of likely N-dealkylation sites (N-methyl/N-ethyl adjacent to an activating group) is 1. The number of aliphatic hydroxyl groups is 1. The predicted molar refractivity (Wildman–Crippen MR) is 133 cm³/mol. The summed E-state index contributed by atoms with van der Waals surface area (Å²) in [6.07, 6.45) is 0.464. The third-order valence-corrected chi connectivity index (χ3v) is 4.72. The van der Waals surface area contributed by atoms with Crippen LogP contribution < -0.4 is 10.6 Å². The molecule has 0 saturated carbocycles. The number of fused-ring (bicyclic) bond motifs is 1. The van der Waals surface area contributed by atoms with E-state index < -0.39 is 6.10 Å². The number of aliphatic hydroxyl groups excluding tert-OH is 1. The van der Waals surface area contributed by atoms with Gasteiger partial charge in [0.2, 0.25) is 5.91 Å². The molecule has 1 heterocycles. The monoisotopic (exact) mass is 531 g/mol. The van der Waals surface area contributed by atoms with Crippen molar-refractivity contribution in [3.05, 3.63) is 35.4 Å². The second-order valence-electron chi connectivity index (χ2n) is 8.76. The quantitative estimate of drug-likeness (QED) is 0.284. The molecule has 8 heteroatoms. The molecule has 1 amide bonds. The lowest BCUT2D eigenvalue weighted by molar-refractivity contribution is -0.122. The molecule has 1 aromatic carbocycles. The van der Waals surface area contributed by atoms with E-state index in [0.29, 0.717) is 25.6 Å². The normalized spacial score (nSPS) is 15.6. The van der Waals surface area contributed by atoms with E-state index in [1.54, 1.807) is 4.90 Å². The van der Waals surface area contributed by atoms with Crippen molar-refractivity contribution in [2.45, 2.75) is 52.3 Å². The summed E-state index contributed by atoms with van der Waals surface area (Å²) in [6, 6.07) is 8.49. The van der Waals surface area contributed by atoms with Crippen LogP contribution in [0.1, 0.15) is 38.8 Å². The fraction of sp³-hybridized carbons (Fsp3) is 0.636. The first-order valence-corrected chi connectivity index (χ1v) is 10.5. The number of rotatable bonds is 7. The Morgan fingerprint density at radius 3 is 2.60 bits per heavy atom. The highest BCUT2D eigenvalue weighted by Crippen LogP contribution is 2.18. The van der Waals surface area contributed by atoms with E-state index in [-0.39, 0.29) is 42.0 Å². The Bertz CT molecular complexity index is 705. The van der Waals surface area contributed by atoms with Gasteiger partial charge in [-0.3, -0.25) is 14.7 Å². The van der Waals surface area contributed by atoms with Gasteiger partial charge < -0.3 is 20.6 Å². The predicted octanol–water partition coefficient (Wildman–Crippen LogP) is 1.84. The minimum atomic E-state index is -0.550. The van der Waals surface area contributed by atoms with E-state index in [9.17, 15) is 9.90 Å². The van der Waals surface area contributed by atoms with E-state index in [4.69, 9.17) is 0 Å². The van der Waals surface area contributed by atoms with Crippen LogP contribution >= 0.6 is 24.0 Å². The number of β-amino-alcohol motifs (C(OH)–C–C–N with tert-alkyl or cyclic N) is 1. The number of halogens is 1. The zero-order valence-electron chi connectivity index (χ0n) is 18.9. The van der Waals surface area contributed by atoms with Gasteiger partial charge in [0.1, 0.15) is 0 Å². The highest BCUT2D eigenvalue weighted by molar-refractivity contribution is 14.0. The fourth-order valence-electron chi connectivity index (χ4n) is 3.48. The maximum absolute atomic E-state index is 12.2. The summed E-state index contributed by atoms with van der Waals surface area (Å²) in [5.41, 5.74) is 2.48. The lowest BCUT2D eigenvalue weighted by atomic mass is 10.00. The summed E-state index contributed by atoms with van der Waals surface area (Å²) < 4.78 is 0. The second kappa shape index (κ2) is 12.5. The van der Waals surface area contributed by atoms with Gasteiger partial charge in [0, 0.05) is 38.8 Å². The third kappa shape index (κ3) is 9.18. The number of nitrogens with one attached hydrogen (secondary N) is 2. The van der Waals surface area contributed by atoms with Crippen molar-refractivity contribution >= 4 is 35.8 Å². The largest absolute Gasteiger partial charge is 0.390 e. The van der Waals surface area contributed by atoms with E-state index in [0.717, 1.165) is 19.5 Å². The third-order valence-electron chi connectivity index (χ3n) is 4.72. The van der Waals surface area contributed by atoms with E-state index in [1.807, 2.05) is 34.7 Å². The lowest BCUT2D eigenvalue weighted by Gasteiger charge is -2.30. The number of hydrogen-bond donors (Lipinski definition) is 3. The molecule has 2 rings (SSSR count). The van der Waals surface area contributed by atoms with Crippen LogP contribution in [-0.4, -0.2) is 78.2 Å². The Morgan fingerprint density at radius 2 is 1.97 bits per heavy atom. The number of carbonyl (C=O) groups excluding carboxylic acids is 1. The van der Waals surface area contributed by atoms with Crippen LogP contribution in [-0.2, 0) is 17.8 Å². The molecular formula is C22H38IN5O2. The minimum absolute atomic E-state index is 0. The first-order valence-electron chi connectivity index (χ1n) is 10.5. The number of guanidine groups is 1. The highest BCUT2D eigenvalue weighted by Gasteiger charge is 2.19. The molecule has 0 saturated heterocycles. The number of nitrogens with zero attached hydrogens (tertiary/aromatic N) is 3. The zero-order chi connectivity index (χ0) is 21.4. The summed E-state index contributed by atoms with van der Waals surface area (Å²) >= 11 is 0. The highest BCUT2D eigenvalue weighted by atomic mass is 127. The Morgan fingerprint density at radius 1 is 1.30 bits per heavy atom. The fourth-order valence-corrected chi connectivity index (χ4v) is 3.48. The Balaban J connectivity index is 0.00000450. The summed E-state index contributed by atoms with van der Waals surface area (Å²) in [6.45, 7) is 11.5. The first kappa shape index (κ1) is 26.6. The summed E-state index contributed by atoms with van der Waals surface area (Å²) in [5, 5.41) is 16.7. The van der Waals surface area contributed by atoms with Crippen molar-refractivity contribution in [3.63, 3.8) is 0 Å². The van der Waals surface area contributed by atoms with Gasteiger partial charge in [-0.05, 0) is 45.2 Å². The molecule has 3 N–H and O–H groups in total. The van der Waals surface area contributed by atoms with Crippen LogP contribution in [0.4, 0.5) is 0 Å². The maximum atomic E-state index is 12.2. The van der Waals surface area contributed by atoms with Crippen molar-refractivity contribution in [1.29, 1.82) is 0 Å². The summed E-state index contributed by atoms with van der Waals surface area (Å²) in [4.78, 5) is 20.8. The molecule has 30 heavy (non-hydrogen) atoms. The first-order chi connectivity index (χ1) is 13.7. The molecule has 0 spiro atoms. The molecule has 0 aromatic heterocycles. The van der Waals surface area contributed by atoms with Gasteiger partial charge in [-0.15, -0.1) is 24.0 Å². The molecule has 0 radical (unpaired) electrons. The van der Waals surface area contributed by atoms with Gasteiger partial charge in [0.15, 0.2) is 5.96 Å². The zero-order valence-corrected chi connectivity index (χ0v) is 21.3. The van der Waals surface area contributed by atoms with Crippen molar-refractivity contribution in [1.82, 2.24) is 20.4 Å². The average Bonchev–Trinajstić information content (AvgIpc) is 2.63. The molecule has 1 atom stereocenters. The molecule has 170 valence electrons. The molecular weight excluding hydrogens is 493 g/mol. The number of carbonyl (C=O) groups is 1. The maximum Gasteiger partial charge on any atom is 0.240 e. The van der Waals surface area contributed by atoms with Gasteiger partial charge in [-0.1, -0.05) is 24.3 Å². The molecule has 0 aliphatic carbocycles. The van der Waals surface area contributed by atoms with Gasteiger partial charge in [-0.2, -0.15) is 0 Å². The molecule has 1 aliphatic heterocycles. The SMILES string of the molecule is CCNC(=NCC(O)CN1CCc2ccccc2C1)N(C)CC(=O)NC(C)(C)C.I. The molecule has 1 aliphatic rings. The lowest BCUT2D eigenvalue weighted by Crippen LogP contribution is -2.49. The van der Waals surface area contributed by atoms with Gasteiger partial charge >= 0.3 is 0 Å². The van der Waals surface area contributed by atoms with E-state index in [1.165, 1.54) is 11.1 Å². The molecule has 0 fully saturated rings. The summed E-state index contributed by atoms with van der Waals surface area (Å²) in [7, 11) is 1.83. The Labute approximate surface area is 198 Å². The number of amides is 1. The van der Waals surface area contributed by atoms with Crippen LogP contribution in [0.15, 0.2) is 29.3 Å². The van der Waals surface area contributed by atoms with Crippen LogP contribution in [0.25, 0.3) is 0 Å². The van der Waals surface area contributed by atoms with Gasteiger partial charge in [0.05, 0.1) is 19.2 Å². The van der Waals surface area contributed by atoms with Crippen LogP contribution in [0.2, 0.25) is 0 Å².